The number of hydrogen-bond donors (Lipinski definition) is 0. The Morgan fingerprint density at radius 3 is 3.12 bits per heavy atom. The lowest BCUT2D eigenvalue weighted by molar-refractivity contribution is -0.146. The highest BCUT2D eigenvalue weighted by Gasteiger charge is 2.35. The lowest BCUT2D eigenvalue weighted by Gasteiger charge is -2.16. The van der Waals surface area contributed by atoms with Crippen LogP contribution in [-0.4, -0.2) is 30.0 Å². The van der Waals surface area contributed by atoms with Crippen LogP contribution in [0.2, 0.25) is 0 Å². The largest absolute Gasteiger partial charge is 0.473 e. The van der Waals surface area contributed by atoms with Crippen molar-refractivity contribution in [2.75, 3.05) is 6.61 Å². The summed E-state index contributed by atoms with van der Waals surface area (Å²) in [5.41, 5.74) is 0.787. The van der Waals surface area contributed by atoms with Gasteiger partial charge >= 0.3 is 5.97 Å². The number of carbonyl (C=O) groups excluding carboxylic acids is 1. The Labute approximate surface area is 107 Å². The van der Waals surface area contributed by atoms with Gasteiger partial charge in [-0.2, -0.15) is 0 Å². The van der Waals surface area contributed by atoms with E-state index in [4.69, 9.17) is 9.47 Å². The number of halogens is 1. The first-order valence-electron chi connectivity index (χ1n) is 5.16. The summed E-state index contributed by atoms with van der Waals surface area (Å²) in [6, 6.07) is 1.20. The van der Waals surface area contributed by atoms with Crippen LogP contribution in [0.3, 0.4) is 0 Å². The van der Waals surface area contributed by atoms with Crippen LogP contribution in [0.25, 0.3) is 0 Å². The van der Waals surface area contributed by atoms with E-state index < -0.39 is 12.1 Å². The average Bonchev–Trinajstić information content (AvgIpc) is 2.78. The molecule has 0 saturated heterocycles. The first kappa shape index (κ1) is 12.0. The first-order valence-corrected chi connectivity index (χ1v) is 5.96. The number of rotatable bonds is 3. The number of pyridine rings is 1. The maximum Gasteiger partial charge on any atom is 0.335 e. The summed E-state index contributed by atoms with van der Waals surface area (Å²) in [5, 5.41) is 0. The summed E-state index contributed by atoms with van der Waals surface area (Å²) in [6.45, 7) is 2.08. The molecular formula is C11H11BrN2O3. The standard InChI is InChI=1S/C11H11BrN2O3/c1-2-16-11(15)9-10(17-6-14-9)7-3-8(12)5-13-4-7/h3-6,9-10H,2H2,1H3/t9-,10-/m1/s1. The molecule has 0 unspecified atom stereocenters. The SMILES string of the molecule is CCOC(=O)[C@@H]1N=CO[C@@H]1c1cncc(Br)c1. The number of nitrogens with zero attached hydrogens (tertiary/aromatic N) is 2. The van der Waals surface area contributed by atoms with Crippen molar-refractivity contribution < 1.29 is 14.3 Å². The third-order valence-electron chi connectivity index (χ3n) is 2.30. The van der Waals surface area contributed by atoms with Crippen LogP contribution in [0.1, 0.15) is 18.6 Å². The monoisotopic (exact) mass is 298 g/mol. The van der Waals surface area contributed by atoms with Gasteiger partial charge in [-0.1, -0.05) is 0 Å². The highest BCUT2D eigenvalue weighted by Crippen LogP contribution is 2.28. The van der Waals surface area contributed by atoms with E-state index in [9.17, 15) is 4.79 Å². The topological polar surface area (TPSA) is 60.8 Å². The molecule has 1 aromatic rings. The van der Waals surface area contributed by atoms with Crippen LogP contribution in [0.5, 0.6) is 0 Å². The summed E-state index contributed by atoms with van der Waals surface area (Å²) in [5.74, 6) is -0.383. The second-order valence-corrected chi connectivity index (χ2v) is 4.36. The van der Waals surface area contributed by atoms with Gasteiger partial charge in [-0.15, -0.1) is 0 Å². The van der Waals surface area contributed by atoms with Gasteiger partial charge in [0, 0.05) is 22.4 Å². The third-order valence-corrected chi connectivity index (χ3v) is 2.73. The zero-order valence-corrected chi connectivity index (χ0v) is 10.8. The molecule has 1 aliphatic rings. The minimum absolute atomic E-state index is 0.328. The molecule has 5 nitrogen and oxygen atoms in total. The van der Waals surface area contributed by atoms with Gasteiger partial charge in [0.25, 0.3) is 0 Å². The van der Waals surface area contributed by atoms with Crippen LogP contribution >= 0.6 is 15.9 Å². The van der Waals surface area contributed by atoms with E-state index in [1.54, 1.807) is 19.3 Å². The van der Waals surface area contributed by atoms with E-state index in [1.165, 1.54) is 6.40 Å². The zero-order chi connectivity index (χ0) is 12.3. The summed E-state index contributed by atoms with van der Waals surface area (Å²) in [7, 11) is 0. The molecule has 2 atom stereocenters. The summed E-state index contributed by atoms with van der Waals surface area (Å²) in [6.07, 6.45) is 4.14. The molecule has 6 heteroatoms. The van der Waals surface area contributed by atoms with E-state index in [2.05, 4.69) is 25.9 Å². The second kappa shape index (κ2) is 5.27. The minimum atomic E-state index is -0.647. The molecule has 0 saturated carbocycles. The molecule has 1 aromatic heterocycles. The Bertz CT molecular complexity index is 450. The van der Waals surface area contributed by atoms with Crippen LogP contribution in [0.15, 0.2) is 27.9 Å². The number of esters is 1. The van der Waals surface area contributed by atoms with Gasteiger partial charge < -0.3 is 9.47 Å². The Morgan fingerprint density at radius 1 is 1.59 bits per heavy atom. The molecule has 90 valence electrons. The fourth-order valence-corrected chi connectivity index (χ4v) is 1.96. The Morgan fingerprint density at radius 2 is 2.41 bits per heavy atom. The average molecular weight is 299 g/mol. The van der Waals surface area contributed by atoms with Gasteiger partial charge in [0.2, 0.25) is 0 Å². The van der Waals surface area contributed by atoms with Crippen molar-refractivity contribution in [1.29, 1.82) is 0 Å². The first-order chi connectivity index (χ1) is 8.22. The molecule has 0 radical (unpaired) electrons. The highest BCUT2D eigenvalue weighted by molar-refractivity contribution is 9.10. The van der Waals surface area contributed by atoms with Gasteiger partial charge in [-0.3, -0.25) is 4.98 Å². The molecular weight excluding hydrogens is 288 g/mol. The van der Waals surface area contributed by atoms with Crippen LogP contribution in [0, 0.1) is 0 Å². The molecule has 0 spiro atoms. The second-order valence-electron chi connectivity index (χ2n) is 3.44. The predicted molar refractivity (Wildman–Crippen MR) is 64.7 cm³/mol. The fourth-order valence-electron chi connectivity index (χ4n) is 1.58. The summed E-state index contributed by atoms with van der Waals surface area (Å²) in [4.78, 5) is 19.7. The molecule has 2 heterocycles. The number of ether oxygens (including phenoxy) is 2. The summed E-state index contributed by atoms with van der Waals surface area (Å²) < 4.78 is 11.1. The van der Waals surface area contributed by atoms with Gasteiger partial charge in [0.05, 0.1) is 6.61 Å². The Balaban J connectivity index is 2.18. The smallest absolute Gasteiger partial charge is 0.335 e. The maximum atomic E-state index is 11.7. The Kier molecular flexibility index (Phi) is 3.73. The van der Waals surface area contributed by atoms with Crippen molar-refractivity contribution >= 4 is 28.3 Å². The van der Waals surface area contributed by atoms with Crippen molar-refractivity contribution in [2.45, 2.75) is 19.1 Å². The molecule has 0 bridgehead atoms. The van der Waals surface area contributed by atoms with Gasteiger partial charge in [-0.25, -0.2) is 9.79 Å². The third kappa shape index (κ3) is 2.63. The van der Waals surface area contributed by atoms with E-state index in [0.29, 0.717) is 6.61 Å². The molecule has 0 amide bonds. The lowest BCUT2D eigenvalue weighted by atomic mass is 10.1. The molecule has 1 aliphatic heterocycles. The molecule has 0 N–H and O–H groups in total. The van der Waals surface area contributed by atoms with Gasteiger partial charge in [-0.05, 0) is 28.9 Å². The number of aliphatic imine (C=N–C) groups is 1. The van der Waals surface area contributed by atoms with Crippen molar-refractivity contribution in [3.8, 4) is 0 Å². The van der Waals surface area contributed by atoms with Crippen molar-refractivity contribution in [1.82, 2.24) is 4.98 Å². The number of carbonyl (C=O) groups is 1. The van der Waals surface area contributed by atoms with E-state index in [-0.39, 0.29) is 5.97 Å². The molecule has 0 aliphatic carbocycles. The Hall–Kier alpha value is -1.43. The summed E-state index contributed by atoms with van der Waals surface area (Å²) >= 11 is 3.32. The van der Waals surface area contributed by atoms with Gasteiger partial charge in [0.15, 0.2) is 18.5 Å². The lowest BCUT2D eigenvalue weighted by Crippen LogP contribution is -2.26. The van der Waals surface area contributed by atoms with Crippen molar-refractivity contribution in [3.05, 3.63) is 28.5 Å². The fraction of sp³-hybridized carbons (Fsp3) is 0.364. The van der Waals surface area contributed by atoms with Crippen LogP contribution < -0.4 is 0 Å². The van der Waals surface area contributed by atoms with Crippen molar-refractivity contribution in [2.24, 2.45) is 4.99 Å². The molecule has 17 heavy (non-hydrogen) atoms. The number of hydrogen-bond acceptors (Lipinski definition) is 5. The molecule has 0 fully saturated rings. The normalized spacial score (nSPS) is 22.2. The van der Waals surface area contributed by atoms with E-state index >= 15 is 0 Å². The molecule has 2 rings (SSSR count). The van der Waals surface area contributed by atoms with Crippen LogP contribution in [-0.2, 0) is 14.3 Å². The van der Waals surface area contributed by atoms with E-state index in [1.807, 2.05) is 6.07 Å². The van der Waals surface area contributed by atoms with E-state index in [0.717, 1.165) is 10.0 Å². The van der Waals surface area contributed by atoms with Gasteiger partial charge in [0.1, 0.15) is 0 Å². The minimum Gasteiger partial charge on any atom is -0.473 e. The zero-order valence-electron chi connectivity index (χ0n) is 9.17. The molecule has 0 aromatic carbocycles. The quantitative estimate of drug-likeness (QED) is 0.800. The number of aromatic nitrogens is 1. The predicted octanol–water partition coefficient (Wildman–Crippen LogP) is 1.88. The highest BCUT2D eigenvalue weighted by atomic mass is 79.9. The van der Waals surface area contributed by atoms with Crippen LogP contribution in [0.4, 0.5) is 0 Å². The van der Waals surface area contributed by atoms with Crippen molar-refractivity contribution in [3.63, 3.8) is 0 Å². The maximum absolute atomic E-state index is 11.7.